The van der Waals surface area contributed by atoms with Crippen LogP contribution in [0.1, 0.15) is 61.3 Å². The highest BCUT2D eigenvalue weighted by molar-refractivity contribution is 6.06. The van der Waals surface area contributed by atoms with Crippen LogP contribution < -0.4 is 15.4 Å². The molecule has 0 saturated heterocycles. The molecule has 0 aliphatic rings. The summed E-state index contributed by atoms with van der Waals surface area (Å²) in [6.45, 7) is 8.46. The van der Waals surface area contributed by atoms with E-state index in [4.69, 9.17) is 4.74 Å². The summed E-state index contributed by atoms with van der Waals surface area (Å²) in [5, 5.41) is 5.76. The molecule has 2 amide bonds. The number of ether oxygens (including phenoxy) is 1. The molecule has 0 heterocycles. The molecule has 0 saturated carbocycles. The van der Waals surface area contributed by atoms with E-state index in [0.717, 1.165) is 12.8 Å². The van der Waals surface area contributed by atoms with E-state index in [2.05, 4.69) is 17.6 Å². The van der Waals surface area contributed by atoms with Gasteiger partial charge in [-0.2, -0.15) is 0 Å². The number of carbonyl (C=O) groups excluding carboxylic acids is 2. The van der Waals surface area contributed by atoms with Crippen LogP contribution >= 0.6 is 0 Å². The van der Waals surface area contributed by atoms with Crippen LogP contribution in [-0.4, -0.2) is 24.0 Å². The molecule has 0 atom stereocenters. The number of nitrogens with one attached hydrogen (secondary N) is 2. The summed E-state index contributed by atoms with van der Waals surface area (Å²) in [4.78, 5) is 24.8. The molecule has 2 rings (SSSR count). The monoisotopic (exact) mass is 368 g/mol. The summed E-state index contributed by atoms with van der Waals surface area (Å²) in [5.41, 5.74) is 1.36. The molecule has 0 aliphatic heterocycles. The first-order valence-corrected chi connectivity index (χ1v) is 9.26. The highest BCUT2D eigenvalue weighted by Crippen LogP contribution is 2.20. The zero-order valence-corrected chi connectivity index (χ0v) is 16.5. The van der Waals surface area contributed by atoms with Crippen molar-refractivity contribution < 1.29 is 14.3 Å². The Hall–Kier alpha value is -2.82. The number of carbonyl (C=O) groups is 2. The van der Waals surface area contributed by atoms with Gasteiger partial charge in [-0.15, -0.1) is 0 Å². The zero-order chi connectivity index (χ0) is 19.9. The minimum absolute atomic E-state index is 0.143. The van der Waals surface area contributed by atoms with Gasteiger partial charge in [0.2, 0.25) is 0 Å². The van der Waals surface area contributed by atoms with Gasteiger partial charge in [-0.05, 0) is 63.6 Å². The summed E-state index contributed by atoms with van der Waals surface area (Å²) < 4.78 is 5.72. The normalized spacial score (nSPS) is 11.0. The van der Waals surface area contributed by atoms with Crippen molar-refractivity contribution in [2.24, 2.45) is 0 Å². The van der Waals surface area contributed by atoms with Crippen molar-refractivity contribution in [2.45, 2.75) is 46.1 Å². The van der Waals surface area contributed by atoms with Crippen LogP contribution in [-0.2, 0) is 0 Å². The van der Waals surface area contributed by atoms with Gasteiger partial charge in [0.05, 0.1) is 12.2 Å². The predicted molar refractivity (Wildman–Crippen MR) is 108 cm³/mol. The number of hydrogen-bond acceptors (Lipinski definition) is 3. The lowest BCUT2D eigenvalue weighted by atomic mass is 10.1. The van der Waals surface area contributed by atoms with Crippen molar-refractivity contribution in [3.63, 3.8) is 0 Å². The Morgan fingerprint density at radius 3 is 2.26 bits per heavy atom. The summed E-state index contributed by atoms with van der Waals surface area (Å²) in [6, 6.07) is 14.0. The fourth-order valence-corrected chi connectivity index (χ4v) is 2.42. The molecule has 5 heteroatoms. The van der Waals surface area contributed by atoms with Crippen LogP contribution in [0.25, 0.3) is 0 Å². The quantitative estimate of drug-likeness (QED) is 0.699. The highest BCUT2D eigenvalue weighted by atomic mass is 16.5. The van der Waals surface area contributed by atoms with Crippen LogP contribution in [0.15, 0.2) is 48.5 Å². The number of amides is 2. The van der Waals surface area contributed by atoms with E-state index in [1.54, 1.807) is 36.4 Å². The number of hydrogen-bond donors (Lipinski definition) is 2. The van der Waals surface area contributed by atoms with Crippen molar-refractivity contribution in [1.82, 2.24) is 5.32 Å². The molecular weight excluding hydrogens is 340 g/mol. The maximum Gasteiger partial charge on any atom is 0.259 e. The van der Waals surface area contributed by atoms with Crippen molar-refractivity contribution in [1.29, 1.82) is 0 Å². The second-order valence-corrected chi connectivity index (χ2v) is 7.43. The van der Waals surface area contributed by atoms with Gasteiger partial charge < -0.3 is 15.4 Å². The van der Waals surface area contributed by atoms with Crippen molar-refractivity contribution >= 4 is 17.5 Å². The van der Waals surface area contributed by atoms with Crippen LogP contribution in [0.4, 0.5) is 5.69 Å². The SMILES string of the molecule is CCCCOc1ccccc1C(=O)Nc1ccc(C(=O)NC(C)(C)C)cc1. The maximum absolute atomic E-state index is 12.6. The fourth-order valence-electron chi connectivity index (χ4n) is 2.42. The number of benzene rings is 2. The number of para-hydroxylation sites is 1. The molecule has 27 heavy (non-hydrogen) atoms. The molecule has 0 radical (unpaired) electrons. The predicted octanol–water partition coefficient (Wildman–Crippen LogP) is 4.65. The number of anilines is 1. The molecule has 0 aliphatic carbocycles. The summed E-state index contributed by atoms with van der Waals surface area (Å²) in [6.07, 6.45) is 1.97. The molecule has 2 aromatic carbocycles. The lowest BCUT2D eigenvalue weighted by molar-refractivity contribution is 0.0919. The lowest BCUT2D eigenvalue weighted by Crippen LogP contribution is -2.40. The largest absolute Gasteiger partial charge is 0.493 e. The average molecular weight is 368 g/mol. The molecule has 5 nitrogen and oxygen atoms in total. The Labute approximate surface area is 161 Å². The van der Waals surface area contributed by atoms with Crippen molar-refractivity contribution in [3.8, 4) is 5.75 Å². The standard InChI is InChI=1S/C22H28N2O3/c1-5-6-15-27-19-10-8-7-9-18(19)21(26)23-17-13-11-16(12-14-17)20(25)24-22(2,3)4/h7-14H,5-6,15H2,1-4H3,(H,23,26)(H,24,25). The Kier molecular flexibility index (Phi) is 6.99. The highest BCUT2D eigenvalue weighted by Gasteiger charge is 2.16. The van der Waals surface area contributed by atoms with E-state index in [9.17, 15) is 9.59 Å². The summed E-state index contributed by atoms with van der Waals surface area (Å²) in [7, 11) is 0. The Balaban J connectivity index is 2.05. The van der Waals surface area contributed by atoms with Gasteiger partial charge >= 0.3 is 0 Å². The molecule has 144 valence electrons. The number of unbranched alkanes of at least 4 members (excludes halogenated alkanes) is 1. The third-order valence-electron chi connectivity index (χ3n) is 3.78. The Morgan fingerprint density at radius 1 is 0.963 bits per heavy atom. The topological polar surface area (TPSA) is 67.4 Å². The van der Waals surface area contributed by atoms with E-state index >= 15 is 0 Å². The van der Waals surface area contributed by atoms with E-state index in [1.807, 2.05) is 32.9 Å². The number of rotatable bonds is 7. The van der Waals surface area contributed by atoms with Gasteiger partial charge in [-0.1, -0.05) is 25.5 Å². The third-order valence-corrected chi connectivity index (χ3v) is 3.78. The van der Waals surface area contributed by atoms with Gasteiger partial charge in [0.25, 0.3) is 11.8 Å². The minimum atomic E-state index is -0.300. The molecule has 0 fully saturated rings. The Bertz CT molecular complexity index is 777. The van der Waals surface area contributed by atoms with Crippen LogP contribution in [0.2, 0.25) is 0 Å². The molecule has 0 spiro atoms. The first-order chi connectivity index (χ1) is 12.8. The van der Waals surface area contributed by atoms with Gasteiger partial charge in [0.1, 0.15) is 5.75 Å². The van der Waals surface area contributed by atoms with Gasteiger partial charge in [-0.3, -0.25) is 9.59 Å². The smallest absolute Gasteiger partial charge is 0.259 e. The van der Waals surface area contributed by atoms with Crippen LogP contribution in [0, 0.1) is 0 Å². The molecular formula is C22H28N2O3. The fraction of sp³-hybridized carbons (Fsp3) is 0.364. The minimum Gasteiger partial charge on any atom is -0.493 e. The Morgan fingerprint density at radius 2 is 1.63 bits per heavy atom. The first kappa shape index (κ1) is 20.5. The average Bonchev–Trinajstić information content (AvgIpc) is 2.61. The lowest BCUT2D eigenvalue weighted by Gasteiger charge is -2.20. The third kappa shape index (κ3) is 6.44. The van der Waals surface area contributed by atoms with Crippen LogP contribution in [0.3, 0.4) is 0 Å². The van der Waals surface area contributed by atoms with Crippen LogP contribution in [0.5, 0.6) is 5.75 Å². The second-order valence-electron chi connectivity index (χ2n) is 7.43. The zero-order valence-electron chi connectivity index (χ0n) is 16.5. The first-order valence-electron chi connectivity index (χ1n) is 9.26. The summed E-state index contributed by atoms with van der Waals surface area (Å²) in [5.74, 6) is 0.189. The van der Waals surface area contributed by atoms with Gasteiger partial charge in [0.15, 0.2) is 0 Å². The molecule has 0 bridgehead atoms. The maximum atomic E-state index is 12.6. The molecule has 0 unspecified atom stereocenters. The van der Waals surface area contributed by atoms with Gasteiger partial charge in [-0.25, -0.2) is 0 Å². The van der Waals surface area contributed by atoms with E-state index in [0.29, 0.717) is 29.2 Å². The molecule has 2 N–H and O–H groups in total. The van der Waals surface area contributed by atoms with Crippen molar-refractivity contribution in [2.75, 3.05) is 11.9 Å². The summed E-state index contributed by atoms with van der Waals surface area (Å²) >= 11 is 0. The second kappa shape index (κ2) is 9.21. The molecule has 0 aromatic heterocycles. The van der Waals surface area contributed by atoms with E-state index in [-0.39, 0.29) is 17.4 Å². The van der Waals surface area contributed by atoms with Gasteiger partial charge in [0, 0.05) is 16.8 Å². The molecule has 2 aromatic rings. The van der Waals surface area contributed by atoms with Crippen molar-refractivity contribution in [3.05, 3.63) is 59.7 Å². The van der Waals surface area contributed by atoms with E-state index in [1.165, 1.54) is 0 Å². The van der Waals surface area contributed by atoms with E-state index < -0.39 is 0 Å².